The SMILES string of the molecule is Fc1ccc(CCC2CCC([C@H]3CC[C@H](CCC4OCCO4)CC3)CC2)cc1. The molecule has 0 aromatic heterocycles. The van der Waals surface area contributed by atoms with Gasteiger partial charge >= 0.3 is 0 Å². The van der Waals surface area contributed by atoms with Crippen LogP contribution in [0.1, 0.15) is 76.2 Å². The number of rotatable bonds is 7. The summed E-state index contributed by atoms with van der Waals surface area (Å²) in [6.07, 6.45) is 16.3. The van der Waals surface area contributed by atoms with Gasteiger partial charge in [0.1, 0.15) is 5.82 Å². The molecule has 3 fully saturated rings. The summed E-state index contributed by atoms with van der Waals surface area (Å²) >= 11 is 0. The molecule has 2 saturated carbocycles. The van der Waals surface area contributed by atoms with E-state index in [9.17, 15) is 4.39 Å². The van der Waals surface area contributed by atoms with Crippen molar-refractivity contribution in [1.82, 2.24) is 0 Å². The van der Waals surface area contributed by atoms with Gasteiger partial charge in [-0.1, -0.05) is 37.8 Å². The molecule has 0 N–H and O–H groups in total. The van der Waals surface area contributed by atoms with Crippen molar-refractivity contribution in [2.45, 2.75) is 83.3 Å². The Labute approximate surface area is 170 Å². The topological polar surface area (TPSA) is 18.5 Å². The Morgan fingerprint density at radius 1 is 0.679 bits per heavy atom. The van der Waals surface area contributed by atoms with Gasteiger partial charge in [0.05, 0.1) is 13.2 Å². The minimum Gasteiger partial charge on any atom is -0.350 e. The number of hydrogen-bond donors (Lipinski definition) is 0. The first-order chi connectivity index (χ1) is 13.8. The summed E-state index contributed by atoms with van der Waals surface area (Å²) in [5.74, 6) is 3.61. The van der Waals surface area contributed by atoms with Crippen molar-refractivity contribution in [1.29, 1.82) is 0 Å². The molecule has 0 radical (unpaired) electrons. The fraction of sp³-hybridized carbons (Fsp3) is 0.760. The standard InChI is InChI=1S/C25H37FO2/c26-24-14-7-20(8-15-24)2-1-19-3-10-22(11-4-19)23-12-5-21(6-13-23)9-16-25-27-17-18-28-25/h7-8,14-15,19,21-23,25H,1-6,9-13,16-18H2/t19?,21-,22?,23-. The average molecular weight is 389 g/mol. The predicted octanol–water partition coefficient (Wildman–Crippen LogP) is 6.52. The number of hydrogen-bond acceptors (Lipinski definition) is 2. The number of aryl methyl sites for hydroxylation is 1. The molecule has 3 aliphatic rings. The van der Waals surface area contributed by atoms with Crippen LogP contribution in [0.4, 0.5) is 4.39 Å². The molecule has 0 bridgehead atoms. The third-order valence-corrected chi connectivity index (χ3v) is 7.71. The van der Waals surface area contributed by atoms with E-state index in [2.05, 4.69) is 0 Å². The van der Waals surface area contributed by atoms with E-state index in [4.69, 9.17) is 9.47 Å². The van der Waals surface area contributed by atoms with Gasteiger partial charge in [-0.2, -0.15) is 0 Å². The molecule has 4 rings (SSSR count). The Balaban J connectivity index is 1.11. The zero-order chi connectivity index (χ0) is 19.2. The third kappa shape index (κ3) is 5.79. The van der Waals surface area contributed by atoms with E-state index in [1.807, 2.05) is 12.1 Å². The Hall–Kier alpha value is -0.930. The number of benzene rings is 1. The maximum Gasteiger partial charge on any atom is 0.157 e. The lowest BCUT2D eigenvalue weighted by molar-refractivity contribution is -0.0514. The van der Waals surface area contributed by atoms with Gasteiger partial charge < -0.3 is 9.47 Å². The Morgan fingerprint density at radius 3 is 1.79 bits per heavy atom. The number of ether oxygens (including phenoxy) is 2. The largest absolute Gasteiger partial charge is 0.350 e. The first kappa shape index (κ1) is 20.3. The minimum absolute atomic E-state index is 0.0860. The molecule has 1 aliphatic heterocycles. The van der Waals surface area contributed by atoms with Crippen molar-refractivity contribution in [2.24, 2.45) is 23.7 Å². The van der Waals surface area contributed by atoms with Gasteiger partial charge in [-0.05, 0) is 92.7 Å². The zero-order valence-electron chi connectivity index (χ0n) is 17.3. The maximum atomic E-state index is 13.0. The van der Waals surface area contributed by atoms with Gasteiger partial charge in [0.25, 0.3) is 0 Å². The molecule has 1 aromatic rings. The fourth-order valence-electron chi connectivity index (χ4n) is 5.86. The van der Waals surface area contributed by atoms with E-state index in [-0.39, 0.29) is 12.1 Å². The van der Waals surface area contributed by atoms with Crippen LogP contribution in [0.15, 0.2) is 24.3 Å². The normalized spacial score (nSPS) is 31.9. The average Bonchev–Trinajstić information content (AvgIpc) is 3.26. The molecule has 0 unspecified atom stereocenters. The van der Waals surface area contributed by atoms with Crippen molar-refractivity contribution < 1.29 is 13.9 Å². The van der Waals surface area contributed by atoms with Crippen LogP contribution in [0.5, 0.6) is 0 Å². The van der Waals surface area contributed by atoms with Gasteiger partial charge in [0.15, 0.2) is 6.29 Å². The number of halogens is 1. The second-order valence-electron chi connectivity index (χ2n) is 9.48. The molecule has 156 valence electrons. The van der Waals surface area contributed by atoms with E-state index in [0.717, 1.165) is 49.7 Å². The first-order valence-corrected chi connectivity index (χ1v) is 11.7. The van der Waals surface area contributed by atoms with Crippen molar-refractivity contribution in [3.8, 4) is 0 Å². The van der Waals surface area contributed by atoms with Crippen LogP contribution in [-0.4, -0.2) is 19.5 Å². The fourth-order valence-corrected chi connectivity index (χ4v) is 5.86. The smallest absolute Gasteiger partial charge is 0.157 e. The van der Waals surface area contributed by atoms with Gasteiger partial charge in [-0.25, -0.2) is 4.39 Å². The molecule has 1 aromatic carbocycles. The van der Waals surface area contributed by atoms with Gasteiger partial charge in [0, 0.05) is 0 Å². The molecular weight excluding hydrogens is 351 g/mol. The van der Waals surface area contributed by atoms with Crippen LogP contribution in [0.2, 0.25) is 0 Å². The van der Waals surface area contributed by atoms with Gasteiger partial charge in [-0.15, -0.1) is 0 Å². The highest BCUT2D eigenvalue weighted by molar-refractivity contribution is 5.16. The molecule has 0 amide bonds. The summed E-state index contributed by atoms with van der Waals surface area (Å²) in [7, 11) is 0. The van der Waals surface area contributed by atoms with E-state index in [1.165, 1.54) is 69.8 Å². The minimum atomic E-state index is -0.126. The van der Waals surface area contributed by atoms with E-state index < -0.39 is 0 Å². The van der Waals surface area contributed by atoms with Crippen LogP contribution < -0.4 is 0 Å². The highest BCUT2D eigenvalue weighted by Crippen LogP contribution is 2.43. The molecule has 3 heteroatoms. The van der Waals surface area contributed by atoms with Crippen LogP contribution in [-0.2, 0) is 15.9 Å². The maximum absolute atomic E-state index is 13.0. The van der Waals surface area contributed by atoms with Crippen molar-refractivity contribution in [3.63, 3.8) is 0 Å². The highest BCUT2D eigenvalue weighted by Gasteiger charge is 2.31. The van der Waals surface area contributed by atoms with Gasteiger partial charge in [-0.3, -0.25) is 0 Å². The lowest BCUT2D eigenvalue weighted by Crippen LogP contribution is -2.26. The first-order valence-electron chi connectivity index (χ1n) is 11.7. The lowest BCUT2D eigenvalue weighted by Gasteiger charge is -2.38. The van der Waals surface area contributed by atoms with Crippen molar-refractivity contribution >= 4 is 0 Å². The lowest BCUT2D eigenvalue weighted by atomic mass is 9.68. The summed E-state index contributed by atoms with van der Waals surface area (Å²) in [5, 5.41) is 0. The van der Waals surface area contributed by atoms with Crippen LogP contribution in [0, 0.1) is 29.5 Å². The predicted molar refractivity (Wildman–Crippen MR) is 111 cm³/mol. The molecule has 28 heavy (non-hydrogen) atoms. The summed E-state index contributed by atoms with van der Waals surface area (Å²) in [5.41, 5.74) is 1.29. The summed E-state index contributed by atoms with van der Waals surface area (Å²) in [4.78, 5) is 0. The summed E-state index contributed by atoms with van der Waals surface area (Å²) < 4.78 is 24.2. The second-order valence-corrected chi connectivity index (χ2v) is 9.48. The van der Waals surface area contributed by atoms with Crippen LogP contribution >= 0.6 is 0 Å². The monoisotopic (exact) mass is 388 g/mol. The molecule has 0 spiro atoms. The second kappa shape index (κ2) is 10.2. The molecule has 1 heterocycles. The zero-order valence-corrected chi connectivity index (χ0v) is 17.3. The van der Waals surface area contributed by atoms with Crippen molar-refractivity contribution in [2.75, 3.05) is 13.2 Å². The highest BCUT2D eigenvalue weighted by atomic mass is 19.1. The summed E-state index contributed by atoms with van der Waals surface area (Å²) in [6.45, 7) is 1.56. The van der Waals surface area contributed by atoms with E-state index in [1.54, 1.807) is 12.1 Å². The third-order valence-electron chi connectivity index (χ3n) is 7.71. The Kier molecular flexibility index (Phi) is 7.42. The van der Waals surface area contributed by atoms with E-state index in [0.29, 0.717) is 0 Å². The van der Waals surface area contributed by atoms with E-state index >= 15 is 0 Å². The Morgan fingerprint density at radius 2 is 1.21 bits per heavy atom. The molecule has 0 atom stereocenters. The van der Waals surface area contributed by atoms with Crippen LogP contribution in [0.3, 0.4) is 0 Å². The summed E-state index contributed by atoms with van der Waals surface area (Å²) in [6, 6.07) is 7.08. The molecule has 2 aliphatic carbocycles. The molecular formula is C25H37FO2. The van der Waals surface area contributed by atoms with Crippen molar-refractivity contribution in [3.05, 3.63) is 35.6 Å². The Bertz CT molecular complexity index is 565. The van der Waals surface area contributed by atoms with Gasteiger partial charge in [0.2, 0.25) is 0 Å². The quantitative estimate of drug-likeness (QED) is 0.529. The molecule has 2 nitrogen and oxygen atoms in total. The molecule has 1 saturated heterocycles. The van der Waals surface area contributed by atoms with Crippen LogP contribution in [0.25, 0.3) is 0 Å².